The zero-order valence-electron chi connectivity index (χ0n) is 11.6. The van der Waals surface area contributed by atoms with Crippen molar-refractivity contribution >= 4 is 39.0 Å². The van der Waals surface area contributed by atoms with E-state index in [9.17, 15) is 9.18 Å². The standard InChI is InChI=1S/C15H18BrFN2OS/c16-10-5-6-12(17)11(9-10)13(20)19-15(14(18)21)7-3-1-2-4-8-15/h5-6,9H,1-4,7-8H2,(H2,18,21)(H,19,20). The molecule has 1 fully saturated rings. The minimum Gasteiger partial charge on any atom is -0.391 e. The third-order valence-corrected chi connectivity index (χ3v) is 4.84. The van der Waals surface area contributed by atoms with Gasteiger partial charge in [-0.15, -0.1) is 0 Å². The molecular weight excluding hydrogens is 355 g/mol. The van der Waals surface area contributed by atoms with Crippen LogP contribution in [-0.4, -0.2) is 16.4 Å². The zero-order valence-corrected chi connectivity index (χ0v) is 14.0. The molecule has 2 rings (SSSR count). The molecule has 3 N–H and O–H groups in total. The van der Waals surface area contributed by atoms with Crippen molar-refractivity contribution < 1.29 is 9.18 Å². The SMILES string of the molecule is NC(=S)C1(NC(=O)c2cc(Br)ccc2F)CCCCCC1. The lowest BCUT2D eigenvalue weighted by Crippen LogP contribution is -2.56. The Labute approximate surface area is 137 Å². The van der Waals surface area contributed by atoms with Crippen molar-refractivity contribution in [3.8, 4) is 0 Å². The Kier molecular flexibility index (Phi) is 5.32. The molecule has 6 heteroatoms. The second-order valence-electron chi connectivity index (χ2n) is 5.44. The van der Waals surface area contributed by atoms with Gasteiger partial charge in [-0.2, -0.15) is 0 Å². The Morgan fingerprint density at radius 3 is 2.48 bits per heavy atom. The monoisotopic (exact) mass is 372 g/mol. The molecule has 1 aliphatic carbocycles. The number of hydrogen-bond acceptors (Lipinski definition) is 2. The maximum Gasteiger partial charge on any atom is 0.255 e. The molecule has 0 aliphatic heterocycles. The fraction of sp³-hybridized carbons (Fsp3) is 0.467. The van der Waals surface area contributed by atoms with Crippen molar-refractivity contribution in [2.75, 3.05) is 0 Å². The highest BCUT2D eigenvalue weighted by atomic mass is 79.9. The number of rotatable bonds is 3. The summed E-state index contributed by atoms with van der Waals surface area (Å²) in [6.07, 6.45) is 5.54. The molecule has 0 saturated heterocycles. The Hall–Kier alpha value is -1.01. The summed E-state index contributed by atoms with van der Waals surface area (Å²) in [5, 5.41) is 2.89. The van der Waals surface area contributed by atoms with Gasteiger partial charge in [0.05, 0.1) is 16.1 Å². The molecule has 1 aromatic rings. The van der Waals surface area contributed by atoms with Crippen LogP contribution in [0.1, 0.15) is 48.9 Å². The van der Waals surface area contributed by atoms with Crippen LogP contribution in [0.4, 0.5) is 4.39 Å². The molecule has 1 amide bonds. The van der Waals surface area contributed by atoms with Gasteiger partial charge in [0.2, 0.25) is 0 Å². The maximum absolute atomic E-state index is 13.8. The van der Waals surface area contributed by atoms with Gasteiger partial charge in [0.25, 0.3) is 5.91 Å². The van der Waals surface area contributed by atoms with Crippen LogP contribution in [0.15, 0.2) is 22.7 Å². The Morgan fingerprint density at radius 1 is 1.29 bits per heavy atom. The number of nitrogens with two attached hydrogens (primary N) is 1. The van der Waals surface area contributed by atoms with Crippen LogP contribution < -0.4 is 11.1 Å². The molecule has 1 aliphatic rings. The lowest BCUT2D eigenvalue weighted by atomic mass is 9.89. The number of amides is 1. The highest BCUT2D eigenvalue weighted by molar-refractivity contribution is 9.10. The van der Waals surface area contributed by atoms with Crippen LogP contribution in [0.3, 0.4) is 0 Å². The maximum atomic E-state index is 13.8. The molecule has 0 atom stereocenters. The molecule has 3 nitrogen and oxygen atoms in total. The predicted molar refractivity (Wildman–Crippen MR) is 88.8 cm³/mol. The number of halogens is 2. The Bertz CT molecular complexity index is 557. The average Bonchev–Trinajstić information content (AvgIpc) is 2.68. The molecule has 1 saturated carbocycles. The number of hydrogen-bond donors (Lipinski definition) is 2. The fourth-order valence-corrected chi connectivity index (χ4v) is 3.34. The van der Waals surface area contributed by atoms with Crippen molar-refractivity contribution in [1.82, 2.24) is 5.32 Å². The van der Waals surface area contributed by atoms with E-state index in [1.54, 1.807) is 6.07 Å². The van der Waals surface area contributed by atoms with Crippen molar-refractivity contribution in [1.29, 1.82) is 0 Å². The van der Waals surface area contributed by atoms with Crippen LogP contribution in [0.25, 0.3) is 0 Å². The second kappa shape index (κ2) is 6.83. The number of benzene rings is 1. The fourth-order valence-electron chi connectivity index (χ4n) is 2.72. The molecule has 0 aromatic heterocycles. The van der Waals surface area contributed by atoms with E-state index >= 15 is 0 Å². The molecule has 0 spiro atoms. The van der Waals surface area contributed by atoms with E-state index in [-0.39, 0.29) is 10.6 Å². The summed E-state index contributed by atoms with van der Waals surface area (Å²) in [4.78, 5) is 12.7. The molecule has 0 unspecified atom stereocenters. The van der Waals surface area contributed by atoms with Crippen LogP contribution in [0.5, 0.6) is 0 Å². The van der Waals surface area contributed by atoms with E-state index in [1.807, 2.05) is 0 Å². The van der Waals surface area contributed by atoms with Crippen LogP contribution in [-0.2, 0) is 0 Å². The van der Waals surface area contributed by atoms with Gasteiger partial charge in [-0.1, -0.05) is 53.8 Å². The van der Waals surface area contributed by atoms with Gasteiger partial charge >= 0.3 is 0 Å². The summed E-state index contributed by atoms with van der Waals surface area (Å²) in [6.45, 7) is 0. The van der Waals surface area contributed by atoms with E-state index in [2.05, 4.69) is 21.2 Å². The first kappa shape index (κ1) is 16.4. The zero-order chi connectivity index (χ0) is 15.5. The first-order chi connectivity index (χ1) is 9.94. The minimum absolute atomic E-state index is 0.00393. The van der Waals surface area contributed by atoms with E-state index in [0.717, 1.165) is 25.7 Å². The smallest absolute Gasteiger partial charge is 0.255 e. The molecule has 0 radical (unpaired) electrons. The van der Waals surface area contributed by atoms with E-state index in [0.29, 0.717) is 17.3 Å². The quantitative estimate of drug-likeness (QED) is 0.628. The summed E-state index contributed by atoms with van der Waals surface area (Å²) >= 11 is 8.42. The molecule has 21 heavy (non-hydrogen) atoms. The first-order valence-corrected chi connectivity index (χ1v) is 8.22. The lowest BCUT2D eigenvalue weighted by molar-refractivity contribution is 0.0913. The Morgan fingerprint density at radius 2 is 1.90 bits per heavy atom. The van der Waals surface area contributed by atoms with E-state index in [1.165, 1.54) is 12.1 Å². The van der Waals surface area contributed by atoms with E-state index < -0.39 is 17.3 Å². The summed E-state index contributed by atoms with van der Waals surface area (Å²) < 4.78 is 14.5. The first-order valence-electron chi connectivity index (χ1n) is 7.02. The Balaban J connectivity index is 2.26. The lowest BCUT2D eigenvalue weighted by Gasteiger charge is -2.33. The van der Waals surface area contributed by atoms with Gasteiger partial charge in [0.1, 0.15) is 5.82 Å². The normalized spacial score (nSPS) is 17.8. The number of nitrogens with one attached hydrogen (secondary N) is 1. The summed E-state index contributed by atoms with van der Waals surface area (Å²) in [5.41, 5.74) is 5.19. The van der Waals surface area contributed by atoms with Crippen LogP contribution in [0.2, 0.25) is 0 Å². The highest BCUT2D eigenvalue weighted by Crippen LogP contribution is 2.28. The predicted octanol–water partition coefficient (Wildman–Crippen LogP) is 3.70. The third-order valence-electron chi connectivity index (χ3n) is 3.95. The van der Waals surface area contributed by atoms with Crippen molar-refractivity contribution in [3.05, 3.63) is 34.1 Å². The second-order valence-corrected chi connectivity index (χ2v) is 6.79. The highest BCUT2D eigenvalue weighted by Gasteiger charge is 2.36. The van der Waals surface area contributed by atoms with Crippen LogP contribution >= 0.6 is 28.1 Å². The van der Waals surface area contributed by atoms with Gasteiger partial charge in [-0.05, 0) is 31.0 Å². The van der Waals surface area contributed by atoms with Crippen molar-refractivity contribution in [3.63, 3.8) is 0 Å². The van der Waals surface area contributed by atoms with Gasteiger partial charge in [0, 0.05) is 4.47 Å². The third kappa shape index (κ3) is 3.80. The molecule has 1 aromatic carbocycles. The van der Waals surface area contributed by atoms with Crippen LogP contribution in [0, 0.1) is 5.82 Å². The largest absolute Gasteiger partial charge is 0.391 e. The van der Waals surface area contributed by atoms with Gasteiger partial charge in [-0.25, -0.2) is 4.39 Å². The summed E-state index contributed by atoms with van der Waals surface area (Å²) in [6, 6.07) is 4.29. The topological polar surface area (TPSA) is 55.1 Å². The van der Waals surface area contributed by atoms with Crippen molar-refractivity contribution in [2.24, 2.45) is 5.73 Å². The van der Waals surface area contributed by atoms with Crippen molar-refractivity contribution in [2.45, 2.75) is 44.1 Å². The number of thiocarbonyl (C=S) groups is 1. The van der Waals surface area contributed by atoms with Gasteiger partial charge in [-0.3, -0.25) is 4.79 Å². The van der Waals surface area contributed by atoms with E-state index in [4.69, 9.17) is 18.0 Å². The number of carbonyl (C=O) groups excluding carboxylic acids is 1. The van der Waals surface area contributed by atoms with Gasteiger partial charge in [0.15, 0.2) is 0 Å². The molecule has 114 valence electrons. The number of carbonyl (C=O) groups is 1. The summed E-state index contributed by atoms with van der Waals surface area (Å²) in [5.74, 6) is -1.02. The molecule has 0 heterocycles. The molecular formula is C15H18BrFN2OS. The average molecular weight is 373 g/mol. The van der Waals surface area contributed by atoms with Gasteiger partial charge < -0.3 is 11.1 Å². The molecule has 0 bridgehead atoms. The summed E-state index contributed by atoms with van der Waals surface area (Å²) in [7, 11) is 0. The minimum atomic E-state index is -0.697.